The molecule has 2 aliphatic rings. The average Bonchev–Trinajstić information content (AvgIpc) is 3.32. The van der Waals surface area contributed by atoms with Crippen molar-refractivity contribution in [2.45, 2.75) is 37.3 Å². The molecule has 170 valence electrons. The Labute approximate surface area is 200 Å². The molecule has 3 heterocycles. The van der Waals surface area contributed by atoms with Crippen molar-refractivity contribution < 1.29 is 18.6 Å². The maximum atomic E-state index is 5.86. The fourth-order valence-corrected chi connectivity index (χ4v) is 3.96. The number of rotatable bonds is 7. The summed E-state index contributed by atoms with van der Waals surface area (Å²) in [7, 11) is 1.77. The molecule has 1 fully saturated rings. The Morgan fingerprint density at radius 1 is 1.16 bits per heavy atom. The zero-order valence-corrected chi connectivity index (χ0v) is 20.3. The van der Waals surface area contributed by atoms with Crippen LogP contribution in [0.3, 0.4) is 0 Å². The monoisotopic (exact) mass is 541 g/mol. The van der Waals surface area contributed by atoms with Gasteiger partial charge in [-0.1, -0.05) is 18.2 Å². The van der Waals surface area contributed by atoms with E-state index >= 15 is 0 Å². The highest BCUT2D eigenvalue weighted by molar-refractivity contribution is 14.0. The van der Waals surface area contributed by atoms with Gasteiger partial charge in [0.15, 0.2) is 5.96 Å². The maximum absolute atomic E-state index is 5.86. The van der Waals surface area contributed by atoms with Gasteiger partial charge in [-0.15, -0.1) is 24.0 Å². The molecule has 0 radical (unpaired) electrons. The first-order valence-corrected chi connectivity index (χ1v) is 10.7. The largest absolute Gasteiger partial charge is 0.493 e. The van der Waals surface area contributed by atoms with Gasteiger partial charge in [-0.3, -0.25) is 4.99 Å². The number of para-hydroxylation sites is 1. The minimum absolute atomic E-state index is 0. The van der Waals surface area contributed by atoms with Crippen molar-refractivity contribution >= 4 is 29.9 Å². The normalized spacial score (nSPS) is 20.2. The number of hydrogen-bond donors (Lipinski definition) is 2. The fourth-order valence-electron chi connectivity index (χ4n) is 3.96. The predicted molar refractivity (Wildman–Crippen MR) is 130 cm³/mol. The summed E-state index contributed by atoms with van der Waals surface area (Å²) in [4.78, 5) is 4.92. The number of furan rings is 1. The minimum atomic E-state index is -0.262. The molecule has 1 aromatic carbocycles. The summed E-state index contributed by atoms with van der Waals surface area (Å²) in [5.74, 6) is 2.68. The van der Waals surface area contributed by atoms with Crippen LogP contribution in [0.15, 0.2) is 52.1 Å². The Balaban J connectivity index is 0.00000272. The number of halogens is 1. The zero-order chi connectivity index (χ0) is 20.7. The molecule has 1 aromatic heterocycles. The summed E-state index contributed by atoms with van der Waals surface area (Å²) in [5.41, 5.74) is 0.901. The second kappa shape index (κ2) is 11.7. The van der Waals surface area contributed by atoms with Crippen molar-refractivity contribution in [2.75, 3.05) is 40.0 Å². The average molecular weight is 541 g/mol. The third kappa shape index (κ3) is 6.36. The van der Waals surface area contributed by atoms with Crippen LogP contribution >= 0.6 is 24.0 Å². The number of guanidine groups is 1. The van der Waals surface area contributed by atoms with Crippen LogP contribution in [0.25, 0.3) is 0 Å². The predicted octanol–water partition coefficient (Wildman–Crippen LogP) is 3.69. The van der Waals surface area contributed by atoms with Crippen molar-refractivity contribution in [1.82, 2.24) is 10.6 Å². The number of methoxy groups -OCH3 is 1. The van der Waals surface area contributed by atoms with Crippen molar-refractivity contribution in [1.29, 1.82) is 0 Å². The molecular formula is C23H32IN3O4. The molecule has 1 atom stereocenters. The van der Waals surface area contributed by atoms with E-state index in [1.165, 1.54) is 0 Å². The van der Waals surface area contributed by atoms with E-state index in [-0.39, 0.29) is 35.6 Å². The molecule has 1 saturated heterocycles. The lowest BCUT2D eigenvalue weighted by atomic mass is 9.94. The molecule has 0 aliphatic carbocycles. The summed E-state index contributed by atoms with van der Waals surface area (Å²) in [6.07, 6.45) is 5.09. The molecule has 4 rings (SSSR count). The van der Waals surface area contributed by atoms with Crippen molar-refractivity contribution in [3.63, 3.8) is 0 Å². The standard InChI is InChI=1S/C23H31N3O4.HI/c1-27-23(10-15-28-16-11-23)17-25-22(24-12-8-18-5-4-13-29-18)26-20-9-14-30-21-7-3-2-6-19(20)21;/h2-7,13,20H,8-12,14-17H2,1H3,(H2,24,25,26);1H. The van der Waals surface area contributed by atoms with E-state index < -0.39 is 0 Å². The smallest absolute Gasteiger partial charge is 0.191 e. The number of fused-ring (bicyclic) bond motifs is 1. The number of nitrogens with one attached hydrogen (secondary N) is 2. The van der Waals surface area contributed by atoms with Gasteiger partial charge in [0, 0.05) is 58.1 Å². The van der Waals surface area contributed by atoms with Crippen LogP contribution in [-0.2, 0) is 15.9 Å². The zero-order valence-electron chi connectivity index (χ0n) is 18.0. The molecule has 8 heteroatoms. The lowest BCUT2D eigenvalue weighted by molar-refractivity contribution is -0.0828. The number of nitrogens with zero attached hydrogens (tertiary/aromatic N) is 1. The molecule has 0 amide bonds. The van der Waals surface area contributed by atoms with Gasteiger partial charge in [0.1, 0.15) is 11.5 Å². The van der Waals surface area contributed by atoms with Crippen LogP contribution in [0.4, 0.5) is 0 Å². The van der Waals surface area contributed by atoms with Crippen molar-refractivity contribution in [3.05, 3.63) is 54.0 Å². The van der Waals surface area contributed by atoms with E-state index in [0.717, 1.165) is 55.3 Å². The van der Waals surface area contributed by atoms with Crippen LogP contribution in [0.5, 0.6) is 5.75 Å². The second-order valence-corrected chi connectivity index (χ2v) is 7.79. The first-order chi connectivity index (χ1) is 14.8. The van der Waals surface area contributed by atoms with Gasteiger partial charge >= 0.3 is 0 Å². The highest BCUT2D eigenvalue weighted by Crippen LogP contribution is 2.31. The molecule has 7 nitrogen and oxygen atoms in total. The van der Waals surface area contributed by atoms with Gasteiger partial charge in [-0.2, -0.15) is 0 Å². The van der Waals surface area contributed by atoms with Gasteiger partial charge in [0.25, 0.3) is 0 Å². The highest BCUT2D eigenvalue weighted by Gasteiger charge is 2.32. The van der Waals surface area contributed by atoms with Gasteiger partial charge in [0.2, 0.25) is 0 Å². The summed E-state index contributed by atoms with van der Waals surface area (Å²) in [5, 5.41) is 7.08. The van der Waals surface area contributed by atoms with E-state index in [9.17, 15) is 0 Å². The van der Waals surface area contributed by atoms with Gasteiger partial charge < -0.3 is 29.3 Å². The Kier molecular flexibility index (Phi) is 9.03. The fraction of sp³-hybridized carbons (Fsp3) is 0.522. The van der Waals surface area contributed by atoms with Crippen LogP contribution in [0.2, 0.25) is 0 Å². The SMILES string of the molecule is COC1(CN=C(NCCc2ccco2)NC2CCOc3ccccc32)CCOCC1.I. The summed E-state index contributed by atoms with van der Waals surface area (Å²) < 4.78 is 22.6. The summed E-state index contributed by atoms with van der Waals surface area (Å²) in [6.45, 7) is 3.44. The van der Waals surface area contributed by atoms with E-state index in [1.807, 2.05) is 30.3 Å². The van der Waals surface area contributed by atoms with Gasteiger partial charge in [-0.25, -0.2) is 0 Å². The van der Waals surface area contributed by atoms with Crippen LogP contribution < -0.4 is 15.4 Å². The molecular weight excluding hydrogens is 509 g/mol. The van der Waals surface area contributed by atoms with Crippen LogP contribution in [0, 0.1) is 0 Å². The Morgan fingerprint density at radius 2 is 2.00 bits per heavy atom. The maximum Gasteiger partial charge on any atom is 0.191 e. The summed E-state index contributed by atoms with van der Waals surface area (Å²) in [6, 6.07) is 12.2. The molecule has 0 saturated carbocycles. The first-order valence-electron chi connectivity index (χ1n) is 10.7. The molecule has 2 aliphatic heterocycles. The minimum Gasteiger partial charge on any atom is -0.493 e. The quantitative estimate of drug-likeness (QED) is 0.317. The van der Waals surface area contributed by atoms with E-state index in [2.05, 4.69) is 16.7 Å². The van der Waals surface area contributed by atoms with Gasteiger partial charge in [-0.05, 0) is 18.2 Å². The molecule has 2 aromatic rings. The number of aliphatic imine (C=N–C) groups is 1. The van der Waals surface area contributed by atoms with E-state index in [0.29, 0.717) is 26.4 Å². The molecule has 0 bridgehead atoms. The van der Waals surface area contributed by atoms with Crippen molar-refractivity contribution in [2.24, 2.45) is 4.99 Å². The lowest BCUT2D eigenvalue weighted by Crippen LogP contribution is -2.45. The molecule has 0 spiro atoms. The lowest BCUT2D eigenvalue weighted by Gasteiger charge is -2.35. The molecule has 31 heavy (non-hydrogen) atoms. The Hall–Kier alpha value is -1.78. The van der Waals surface area contributed by atoms with Gasteiger partial charge in [0.05, 0.1) is 31.1 Å². The van der Waals surface area contributed by atoms with Crippen molar-refractivity contribution in [3.8, 4) is 5.75 Å². The number of benzene rings is 1. The molecule has 1 unspecified atom stereocenters. The third-order valence-electron chi connectivity index (χ3n) is 5.88. The third-order valence-corrected chi connectivity index (χ3v) is 5.88. The Morgan fingerprint density at radius 3 is 2.77 bits per heavy atom. The van der Waals surface area contributed by atoms with Crippen LogP contribution in [-0.4, -0.2) is 51.6 Å². The number of ether oxygens (including phenoxy) is 3. The van der Waals surface area contributed by atoms with Crippen LogP contribution in [0.1, 0.15) is 36.6 Å². The highest BCUT2D eigenvalue weighted by atomic mass is 127. The second-order valence-electron chi connectivity index (χ2n) is 7.79. The van der Waals surface area contributed by atoms with E-state index in [1.54, 1.807) is 13.4 Å². The van der Waals surface area contributed by atoms with E-state index in [4.69, 9.17) is 23.6 Å². The topological polar surface area (TPSA) is 77.2 Å². The Bertz CT molecular complexity index is 822. The summed E-state index contributed by atoms with van der Waals surface area (Å²) >= 11 is 0. The molecule has 2 N–H and O–H groups in total. The first kappa shape index (κ1) is 23.9. The number of hydrogen-bond acceptors (Lipinski definition) is 5.